The first-order valence-corrected chi connectivity index (χ1v) is 7.13. The number of hydrogen-bond donors (Lipinski definition) is 0. The molecule has 0 atom stereocenters. The second kappa shape index (κ2) is 5.07. The SMILES string of the molecule is CC.CCc1c2c(n3c1CCC3)CCCC2. The molecule has 0 radical (unpaired) electrons. The predicted octanol–water partition coefficient (Wildman–Crippen LogP) is 3.90. The molecule has 0 spiro atoms. The molecule has 0 amide bonds. The first-order valence-electron chi connectivity index (χ1n) is 7.13. The van der Waals surface area contributed by atoms with Crippen LogP contribution >= 0.6 is 0 Å². The molecule has 0 saturated heterocycles. The van der Waals surface area contributed by atoms with Crippen molar-refractivity contribution in [2.24, 2.45) is 0 Å². The Hall–Kier alpha value is -0.720. The van der Waals surface area contributed by atoms with E-state index in [-0.39, 0.29) is 0 Å². The lowest BCUT2D eigenvalue weighted by atomic mass is 9.93. The molecule has 2 heterocycles. The maximum absolute atomic E-state index is 2.65. The van der Waals surface area contributed by atoms with E-state index < -0.39 is 0 Å². The highest BCUT2D eigenvalue weighted by Gasteiger charge is 2.25. The van der Waals surface area contributed by atoms with Crippen molar-refractivity contribution in [1.82, 2.24) is 4.57 Å². The minimum Gasteiger partial charge on any atom is -0.348 e. The van der Waals surface area contributed by atoms with Crippen LogP contribution in [0.3, 0.4) is 0 Å². The molecule has 1 aliphatic heterocycles. The molecule has 1 aromatic heterocycles. The molecule has 1 heteroatoms. The van der Waals surface area contributed by atoms with Gasteiger partial charge in [-0.3, -0.25) is 0 Å². The molecule has 90 valence electrons. The normalized spacial score (nSPS) is 17.4. The van der Waals surface area contributed by atoms with Gasteiger partial charge in [0.05, 0.1) is 0 Å². The Bertz CT molecular complexity index is 330. The second-order valence-electron chi connectivity index (χ2n) is 4.67. The van der Waals surface area contributed by atoms with E-state index in [1.807, 2.05) is 13.8 Å². The van der Waals surface area contributed by atoms with Crippen molar-refractivity contribution in [3.8, 4) is 0 Å². The monoisotopic (exact) mass is 219 g/mol. The average molecular weight is 219 g/mol. The minimum atomic E-state index is 1.25. The van der Waals surface area contributed by atoms with Gasteiger partial charge in [0.1, 0.15) is 0 Å². The fourth-order valence-electron chi connectivity index (χ4n) is 3.39. The van der Waals surface area contributed by atoms with Gasteiger partial charge in [0.15, 0.2) is 0 Å². The Morgan fingerprint density at radius 1 is 0.938 bits per heavy atom. The predicted molar refractivity (Wildman–Crippen MR) is 70.1 cm³/mol. The molecule has 0 unspecified atom stereocenters. The third kappa shape index (κ3) is 1.70. The third-order valence-corrected chi connectivity index (χ3v) is 3.95. The molecule has 3 rings (SSSR count). The van der Waals surface area contributed by atoms with Crippen LogP contribution in [0, 0.1) is 0 Å². The molecule has 2 aliphatic rings. The first-order chi connectivity index (χ1) is 7.92. The fourth-order valence-corrected chi connectivity index (χ4v) is 3.39. The van der Waals surface area contributed by atoms with Crippen LogP contribution in [0.25, 0.3) is 0 Å². The average Bonchev–Trinajstić information content (AvgIpc) is 2.91. The molecular formula is C15H25N. The van der Waals surface area contributed by atoms with Crippen LogP contribution in [-0.2, 0) is 32.2 Å². The summed E-state index contributed by atoms with van der Waals surface area (Å²) in [6.45, 7) is 7.63. The van der Waals surface area contributed by atoms with E-state index in [0.29, 0.717) is 0 Å². The highest BCUT2D eigenvalue weighted by molar-refractivity contribution is 5.41. The third-order valence-electron chi connectivity index (χ3n) is 3.95. The van der Waals surface area contributed by atoms with Crippen molar-refractivity contribution < 1.29 is 0 Å². The summed E-state index contributed by atoms with van der Waals surface area (Å²) in [5.41, 5.74) is 6.87. The maximum atomic E-state index is 2.65. The summed E-state index contributed by atoms with van der Waals surface area (Å²) in [7, 11) is 0. The number of aromatic nitrogens is 1. The summed E-state index contributed by atoms with van der Waals surface area (Å²) in [4.78, 5) is 0. The highest BCUT2D eigenvalue weighted by atomic mass is 15.0. The summed E-state index contributed by atoms with van der Waals surface area (Å²) in [6, 6.07) is 0. The zero-order valence-corrected chi connectivity index (χ0v) is 11.1. The summed E-state index contributed by atoms with van der Waals surface area (Å²) < 4.78 is 2.65. The Morgan fingerprint density at radius 3 is 2.38 bits per heavy atom. The lowest BCUT2D eigenvalue weighted by Crippen LogP contribution is -2.07. The number of rotatable bonds is 1. The van der Waals surface area contributed by atoms with E-state index in [4.69, 9.17) is 0 Å². The van der Waals surface area contributed by atoms with Gasteiger partial charge in [-0.25, -0.2) is 0 Å². The van der Waals surface area contributed by atoms with Crippen molar-refractivity contribution in [2.45, 2.75) is 72.3 Å². The zero-order valence-electron chi connectivity index (χ0n) is 11.1. The Labute approximate surface area is 99.9 Å². The topological polar surface area (TPSA) is 4.93 Å². The van der Waals surface area contributed by atoms with E-state index in [9.17, 15) is 0 Å². The van der Waals surface area contributed by atoms with E-state index in [2.05, 4.69) is 11.5 Å². The van der Waals surface area contributed by atoms with Gasteiger partial charge in [0.25, 0.3) is 0 Å². The van der Waals surface area contributed by atoms with Gasteiger partial charge in [0, 0.05) is 17.9 Å². The van der Waals surface area contributed by atoms with Crippen molar-refractivity contribution >= 4 is 0 Å². The lowest BCUT2D eigenvalue weighted by Gasteiger charge is -2.15. The fraction of sp³-hybridized carbons (Fsp3) is 0.733. The first kappa shape index (κ1) is 11.8. The summed E-state index contributed by atoms with van der Waals surface area (Å²) >= 11 is 0. The van der Waals surface area contributed by atoms with Gasteiger partial charge in [0.2, 0.25) is 0 Å². The Balaban J connectivity index is 0.000000457. The van der Waals surface area contributed by atoms with Crippen molar-refractivity contribution in [3.63, 3.8) is 0 Å². The summed E-state index contributed by atoms with van der Waals surface area (Å²) in [5, 5.41) is 0. The van der Waals surface area contributed by atoms with Crippen molar-refractivity contribution in [1.29, 1.82) is 0 Å². The number of nitrogens with zero attached hydrogens (tertiary/aromatic N) is 1. The quantitative estimate of drug-likeness (QED) is 0.675. The molecule has 0 fully saturated rings. The largest absolute Gasteiger partial charge is 0.348 e. The van der Waals surface area contributed by atoms with Crippen LogP contribution in [0.2, 0.25) is 0 Å². The van der Waals surface area contributed by atoms with Crippen LogP contribution in [0.4, 0.5) is 0 Å². The van der Waals surface area contributed by atoms with Crippen LogP contribution in [0.5, 0.6) is 0 Å². The molecule has 0 bridgehead atoms. The Morgan fingerprint density at radius 2 is 1.62 bits per heavy atom. The summed E-state index contributed by atoms with van der Waals surface area (Å²) in [6.07, 6.45) is 9.53. The summed E-state index contributed by atoms with van der Waals surface area (Å²) in [5.74, 6) is 0. The number of hydrogen-bond acceptors (Lipinski definition) is 0. The van der Waals surface area contributed by atoms with Gasteiger partial charge in [-0.15, -0.1) is 0 Å². The highest BCUT2D eigenvalue weighted by Crippen LogP contribution is 2.34. The van der Waals surface area contributed by atoms with Gasteiger partial charge in [-0.2, -0.15) is 0 Å². The van der Waals surface area contributed by atoms with Crippen LogP contribution < -0.4 is 0 Å². The van der Waals surface area contributed by atoms with E-state index in [1.54, 1.807) is 22.5 Å². The second-order valence-corrected chi connectivity index (χ2v) is 4.67. The van der Waals surface area contributed by atoms with Gasteiger partial charge >= 0.3 is 0 Å². The minimum absolute atomic E-state index is 1.25. The molecule has 0 saturated carbocycles. The van der Waals surface area contributed by atoms with E-state index >= 15 is 0 Å². The lowest BCUT2D eigenvalue weighted by molar-refractivity contribution is 0.619. The van der Waals surface area contributed by atoms with Crippen molar-refractivity contribution in [2.75, 3.05) is 0 Å². The molecule has 1 nitrogen and oxygen atoms in total. The van der Waals surface area contributed by atoms with E-state index in [0.717, 1.165) is 0 Å². The van der Waals surface area contributed by atoms with Gasteiger partial charge < -0.3 is 4.57 Å². The van der Waals surface area contributed by atoms with Crippen LogP contribution in [0.15, 0.2) is 0 Å². The van der Waals surface area contributed by atoms with Gasteiger partial charge in [-0.05, 0) is 56.1 Å². The standard InChI is InChI=1S/C13H19N.C2H6/c1-2-10-11-6-3-4-7-13(11)14-9-5-8-12(10)14;1-2/h2-9H2,1H3;1-2H3. The Kier molecular flexibility index (Phi) is 3.73. The van der Waals surface area contributed by atoms with Gasteiger partial charge in [-0.1, -0.05) is 20.8 Å². The number of fused-ring (bicyclic) bond motifs is 3. The molecule has 1 aliphatic carbocycles. The molecule has 0 aromatic carbocycles. The zero-order chi connectivity index (χ0) is 11.5. The molecule has 1 aromatic rings. The molecule has 16 heavy (non-hydrogen) atoms. The van der Waals surface area contributed by atoms with Crippen LogP contribution in [-0.4, -0.2) is 4.57 Å². The molecular weight excluding hydrogens is 194 g/mol. The smallest absolute Gasteiger partial charge is 0.0228 e. The molecule has 0 N–H and O–H groups in total. The van der Waals surface area contributed by atoms with Crippen molar-refractivity contribution in [3.05, 3.63) is 22.5 Å². The van der Waals surface area contributed by atoms with Crippen LogP contribution in [0.1, 0.15) is 62.5 Å². The van der Waals surface area contributed by atoms with E-state index in [1.165, 1.54) is 51.5 Å². The maximum Gasteiger partial charge on any atom is 0.0228 e.